The molecule has 0 saturated heterocycles. The number of hydrogen-bond acceptors (Lipinski definition) is 12. The summed E-state index contributed by atoms with van der Waals surface area (Å²) in [5.74, 6) is -6.64. The van der Waals surface area contributed by atoms with Gasteiger partial charge in [0, 0.05) is 84.8 Å². The molecule has 0 aliphatic carbocycles. The van der Waals surface area contributed by atoms with E-state index in [1.165, 1.54) is 44.9 Å². The summed E-state index contributed by atoms with van der Waals surface area (Å²) < 4.78 is 10.5. The molecule has 395 valence electrons. The van der Waals surface area contributed by atoms with Crippen molar-refractivity contribution in [1.82, 2.24) is 26.6 Å². The van der Waals surface area contributed by atoms with Gasteiger partial charge in [0.25, 0.3) is 0 Å². The van der Waals surface area contributed by atoms with E-state index in [-0.39, 0.29) is 123 Å². The van der Waals surface area contributed by atoms with Gasteiger partial charge in [0.15, 0.2) is 0 Å². The number of hydrogen-bond donors (Lipinski definition) is 8. The fraction of sp³-hybridized carbons (Fsp3) is 0.783. The summed E-state index contributed by atoms with van der Waals surface area (Å²) in [6.45, 7) is 1.51. The van der Waals surface area contributed by atoms with Crippen molar-refractivity contribution in [3.63, 3.8) is 0 Å². The molecular formula is C46H78N6O15VW-2. The number of aliphatic carboxylic acids is 3. The third kappa shape index (κ3) is 44.0. The first-order chi connectivity index (χ1) is 32.0. The molecule has 0 saturated carbocycles. The van der Waals surface area contributed by atoms with Crippen LogP contribution in [0.5, 0.6) is 0 Å². The van der Waals surface area contributed by atoms with Gasteiger partial charge in [-0.3, -0.25) is 30.3 Å². The molecule has 69 heavy (non-hydrogen) atoms. The maximum atomic E-state index is 12.4. The van der Waals surface area contributed by atoms with Gasteiger partial charge in [0.2, 0.25) is 29.5 Å². The number of carboxylic acids is 3. The van der Waals surface area contributed by atoms with Crippen molar-refractivity contribution < 1.29 is 112 Å². The van der Waals surface area contributed by atoms with Crippen molar-refractivity contribution in [2.24, 2.45) is 0 Å². The fourth-order valence-corrected chi connectivity index (χ4v) is 6.73. The molecule has 0 heterocycles. The smallest absolute Gasteiger partial charge is 0.326 e. The average Bonchev–Trinajstić information content (AvgIpc) is 3.27. The van der Waals surface area contributed by atoms with E-state index >= 15 is 0 Å². The standard InChI is InChI=1S/C46H78N6O15.V.W/c1-34(54)18-14-12-10-8-6-4-2-3-5-7-9-11-13-15-20-41(57)50-36(44(60)61)22-25-40(56)49-28-29-66-30-31-67-33-43(59)52-38(46(64)65)23-26-42(58)51-37(45(62)63)21-24-39(55)48-27-17-16-19-35(47)32-53;;/h35-38,47H,2-31,33H2,1H3,(H,48,55)(H,49,56)(H,50,57)(H,51,58)(H,52,59)(H,60,61)(H,62,63)(H,64,65);;/q-2;;/t35-,36?,37?,38-;;/m0../s1. The van der Waals surface area contributed by atoms with Gasteiger partial charge < -0.3 is 66.7 Å². The van der Waals surface area contributed by atoms with Crippen molar-refractivity contribution in [2.45, 2.75) is 192 Å². The number of nitrogens with one attached hydrogen (secondary N) is 6. The van der Waals surface area contributed by atoms with Gasteiger partial charge in [0.05, 0.1) is 19.8 Å². The van der Waals surface area contributed by atoms with Gasteiger partial charge in [-0.25, -0.2) is 20.4 Å². The van der Waals surface area contributed by atoms with Crippen LogP contribution in [0.15, 0.2) is 0 Å². The summed E-state index contributed by atoms with van der Waals surface area (Å²) in [4.78, 5) is 118. The van der Waals surface area contributed by atoms with Gasteiger partial charge in [-0.2, -0.15) is 0 Å². The summed E-state index contributed by atoms with van der Waals surface area (Å²) in [6, 6.07) is -5.04. The molecule has 23 heteroatoms. The summed E-state index contributed by atoms with van der Waals surface area (Å²) in [5, 5.41) is 40.6. The molecule has 0 rings (SSSR count). The minimum Gasteiger partial charge on any atom is -0.698 e. The molecule has 2 unspecified atom stereocenters. The Labute approximate surface area is 433 Å². The normalized spacial score (nSPS) is 12.4. The van der Waals surface area contributed by atoms with Gasteiger partial charge >= 0.3 is 17.9 Å². The number of carbonyl (C=O) groups is 9. The van der Waals surface area contributed by atoms with E-state index < -0.39 is 78.7 Å². The Morgan fingerprint density at radius 3 is 1.28 bits per heavy atom. The molecule has 0 aliphatic heterocycles. The van der Waals surface area contributed by atoms with Crippen LogP contribution in [0.1, 0.15) is 167 Å². The second-order valence-corrected chi connectivity index (χ2v) is 16.7. The van der Waals surface area contributed by atoms with Gasteiger partial charge in [-0.05, 0) is 45.4 Å². The molecular weight excluding hydrogens is 1110 g/mol. The molecule has 5 amide bonds. The van der Waals surface area contributed by atoms with E-state index in [1.54, 1.807) is 13.2 Å². The maximum Gasteiger partial charge on any atom is 0.326 e. The van der Waals surface area contributed by atoms with Crippen LogP contribution in [-0.4, -0.2) is 139 Å². The van der Waals surface area contributed by atoms with Crippen molar-refractivity contribution in [3.05, 3.63) is 5.73 Å². The molecule has 0 bridgehead atoms. The van der Waals surface area contributed by atoms with E-state index in [4.69, 9.17) is 15.2 Å². The number of rotatable bonds is 46. The molecule has 0 fully saturated rings. The molecule has 0 aliphatic rings. The number of unbranched alkanes of at least 4 members (excludes halogenated alkanes) is 14. The molecule has 0 aromatic heterocycles. The summed E-state index contributed by atoms with van der Waals surface area (Å²) in [6.07, 6.45) is 17.9. The zero-order chi connectivity index (χ0) is 50.1. The Bertz CT molecular complexity index is 1500. The number of Topliss-reactive ketones (excluding diaryl/α,β-unsaturated/α-hetero) is 1. The number of amides is 5. The monoisotopic (exact) mass is 1190 g/mol. The number of carbonyl (C=O) groups excluding carboxylic acids is 7. The van der Waals surface area contributed by atoms with Crippen molar-refractivity contribution in [3.8, 4) is 0 Å². The molecule has 0 aromatic carbocycles. The zero-order valence-electron chi connectivity index (χ0n) is 40.3. The van der Waals surface area contributed by atoms with Crippen LogP contribution in [0.3, 0.4) is 0 Å². The summed E-state index contributed by atoms with van der Waals surface area (Å²) in [5.41, 5.74) is 7.30. The molecule has 0 spiro atoms. The first-order valence-corrected chi connectivity index (χ1v) is 23.9. The number of ketones is 1. The third-order valence-electron chi connectivity index (χ3n) is 10.6. The van der Waals surface area contributed by atoms with Crippen LogP contribution < -0.4 is 26.6 Å². The quantitative estimate of drug-likeness (QED) is 0.0317. The molecule has 0 aromatic rings. The Morgan fingerprint density at radius 2 is 0.841 bits per heavy atom. The summed E-state index contributed by atoms with van der Waals surface area (Å²) >= 11 is 0. The Kier molecular flexibility index (Phi) is 47.0. The zero-order valence-corrected chi connectivity index (χ0v) is 44.7. The Morgan fingerprint density at radius 1 is 0.464 bits per heavy atom. The maximum absolute atomic E-state index is 12.4. The largest absolute Gasteiger partial charge is 0.698 e. The van der Waals surface area contributed by atoms with Crippen molar-refractivity contribution in [1.29, 1.82) is 0 Å². The topological polar surface area (TPSA) is 334 Å². The molecule has 9 N–H and O–H groups in total. The van der Waals surface area contributed by atoms with Crippen molar-refractivity contribution in [2.75, 3.05) is 39.5 Å². The van der Waals surface area contributed by atoms with Crippen LogP contribution in [0.25, 0.3) is 5.73 Å². The minimum atomic E-state index is -1.49. The number of ether oxygens (including phenoxy) is 2. The van der Waals surface area contributed by atoms with Crippen LogP contribution in [-0.2, 0) is 97.0 Å². The SMILES string of the molecule is CC(=O)CCCCCCCCCCCCCCCCC(=O)NC(CCC(=O)NCCOCCOCC(=O)N[C@@H](CCC(=O)NC(CCC(=O)NCCCC[C@H]([NH-])[C-]=O)C(=O)O)C(=O)O)C(=O)O.[V].[W]. The van der Waals surface area contributed by atoms with E-state index in [2.05, 4.69) is 26.6 Å². The van der Waals surface area contributed by atoms with Gasteiger partial charge in [-0.15, -0.1) is 0 Å². The molecule has 1 radical (unpaired) electrons. The van der Waals surface area contributed by atoms with Crippen LogP contribution >= 0.6 is 0 Å². The third-order valence-corrected chi connectivity index (χ3v) is 10.6. The first kappa shape index (κ1) is 69.5. The van der Waals surface area contributed by atoms with Gasteiger partial charge in [-0.1, -0.05) is 89.9 Å². The summed E-state index contributed by atoms with van der Waals surface area (Å²) in [7, 11) is 0. The van der Waals surface area contributed by atoms with E-state index in [9.17, 15) is 63.3 Å². The minimum absolute atomic E-state index is 0. The van der Waals surface area contributed by atoms with Crippen molar-refractivity contribution >= 4 is 59.5 Å². The molecule has 21 nitrogen and oxygen atoms in total. The van der Waals surface area contributed by atoms with E-state index in [1.807, 2.05) is 0 Å². The predicted molar refractivity (Wildman–Crippen MR) is 246 cm³/mol. The fourth-order valence-electron chi connectivity index (χ4n) is 6.73. The number of carboxylic acid groups (broad SMARTS) is 3. The van der Waals surface area contributed by atoms with Crippen LogP contribution in [0, 0.1) is 0 Å². The molecule has 4 atom stereocenters. The Balaban J connectivity index is -0.0000218. The average molecular weight is 1190 g/mol. The van der Waals surface area contributed by atoms with Crippen LogP contribution in [0.4, 0.5) is 0 Å². The second-order valence-electron chi connectivity index (χ2n) is 16.7. The Hall–Kier alpha value is -3.75. The first-order valence-electron chi connectivity index (χ1n) is 23.9. The van der Waals surface area contributed by atoms with Gasteiger partial charge in [0.1, 0.15) is 30.5 Å². The second kappa shape index (κ2) is 46.6. The predicted octanol–water partition coefficient (Wildman–Crippen LogP) is 3.83. The van der Waals surface area contributed by atoms with E-state index in [0.29, 0.717) is 32.1 Å². The van der Waals surface area contributed by atoms with Crippen LogP contribution in [0.2, 0.25) is 0 Å². The van der Waals surface area contributed by atoms with E-state index in [0.717, 1.165) is 38.5 Å².